The van der Waals surface area contributed by atoms with Gasteiger partial charge in [-0.3, -0.25) is 0 Å². The summed E-state index contributed by atoms with van der Waals surface area (Å²) in [6.45, 7) is 10.8. The fraction of sp³-hybridized carbons (Fsp3) is 0.882. The van der Waals surface area contributed by atoms with E-state index in [0.717, 1.165) is 25.4 Å². The van der Waals surface area contributed by atoms with Crippen molar-refractivity contribution < 1.29 is 0 Å². The van der Waals surface area contributed by atoms with Gasteiger partial charge in [0.15, 0.2) is 0 Å². The lowest BCUT2D eigenvalue weighted by Crippen LogP contribution is -2.54. The summed E-state index contributed by atoms with van der Waals surface area (Å²) in [5.41, 5.74) is 6.70. The van der Waals surface area contributed by atoms with Gasteiger partial charge in [0.25, 0.3) is 0 Å². The van der Waals surface area contributed by atoms with E-state index in [0.29, 0.717) is 5.41 Å². The molecule has 0 atom stereocenters. The fourth-order valence-corrected chi connectivity index (χ4v) is 3.21. The van der Waals surface area contributed by atoms with Crippen LogP contribution in [0.3, 0.4) is 0 Å². The van der Waals surface area contributed by atoms with Crippen molar-refractivity contribution in [3.8, 4) is 11.8 Å². The second kappa shape index (κ2) is 7.31. The Bertz CT molecular complexity index is 314. The van der Waals surface area contributed by atoms with Crippen molar-refractivity contribution >= 4 is 0 Å². The minimum Gasteiger partial charge on any atom is -0.329 e. The van der Waals surface area contributed by atoms with Crippen molar-refractivity contribution in [2.24, 2.45) is 17.1 Å². The number of nitrogens with two attached hydrogens (primary N) is 1. The first kappa shape index (κ1) is 16.5. The molecule has 1 fully saturated rings. The van der Waals surface area contributed by atoms with Gasteiger partial charge in [0.2, 0.25) is 0 Å². The zero-order chi connectivity index (χ0) is 14.4. The third kappa shape index (κ3) is 4.51. The Morgan fingerprint density at radius 1 is 1.32 bits per heavy atom. The average molecular weight is 264 g/mol. The van der Waals surface area contributed by atoms with E-state index >= 15 is 0 Å². The summed E-state index contributed by atoms with van der Waals surface area (Å²) < 4.78 is 0. The summed E-state index contributed by atoms with van der Waals surface area (Å²) in [5, 5.41) is 3.68. The lowest BCUT2D eigenvalue weighted by Gasteiger charge is -2.45. The molecule has 1 saturated carbocycles. The number of hydrogen-bond donors (Lipinski definition) is 2. The number of hydrogen-bond acceptors (Lipinski definition) is 2. The van der Waals surface area contributed by atoms with Gasteiger partial charge in [0, 0.05) is 25.0 Å². The van der Waals surface area contributed by atoms with E-state index in [9.17, 15) is 0 Å². The van der Waals surface area contributed by atoms with Crippen LogP contribution in [0.2, 0.25) is 0 Å². The summed E-state index contributed by atoms with van der Waals surface area (Å²) >= 11 is 0. The van der Waals surface area contributed by atoms with Crippen molar-refractivity contribution in [3.63, 3.8) is 0 Å². The molecule has 0 heterocycles. The molecule has 1 aliphatic carbocycles. The highest BCUT2D eigenvalue weighted by Crippen LogP contribution is 2.43. The Hall–Kier alpha value is -0.520. The molecule has 0 aromatic carbocycles. The van der Waals surface area contributed by atoms with E-state index in [1.165, 1.54) is 32.1 Å². The van der Waals surface area contributed by atoms with Crippen LogP contribution in [-0.4, -0.2) is 18.6 Å². The zero-order valence-corrected chi connectivity index (χ0v) is 13.3. The Morgan fingerprint density at radius 2 is 1.95 bits per heavy atom. The van der Waals surface area contributed by atoms with Gasteiger partial charge in [-0.15, -0.1) is 11.8 Å². The average Bonchev–Trinajstić information content (AvgIpc) is 2.44. The molecular weight excluding hydrogens is 232 g/mol. The molecule has 3 N–H and O–H groups in total. The molecule has 110 valence electrons. The standard InChI is InChI=1S/C17H32N2/c1-5-7-8-13-19-17(14-18)11-9-15(10-12-17)16(3,4)6-2/h15,19H,6,8-14,18H2,1-4H3. The molecule has 1 rings (SSSR count). The summed E-state index contributed by atoms with van der Waals surface area (Å²) in [5.74, 6) is 6.92. The lowest BCUT2D eigenvalue weighted by molar-refractivity contribution is 0.102. The highest BCUT2D eigenvalue weighted by atomic mass is 15.0. The predicted octanol–water partition coefficient (Wildman–Crippen LogP) is 3.31. The van der Waals surface area contributed by atoms with Crippen LogP contribution in [0, 0.1) is 23.2 Å². The van der Waals surface area contributed by atoms with E-state index in [1.807, 2.05) is 6.92 Å². The third-order valence-corrected chi connectivity index (χ3v) is 5.28. The van der Waals surface area contributed by atoms with Crippen LogP contribution in [0.15, 0.2) is 0 Å². The first-order valence-electron chi connectivity index (χ1n) is 7.84. The Labute approximate surface area is 119 Å². The SMILES string of the molecule is CC#CCCNC1(CN)CCC(C(C)(C)CC)CC1. The van der Waals surface area contributed by atoms with Gasteiger partial charge in [-0.05, 0) is 43.9 Å². The minimum atomic E-state index is 0.176. The number of rotatable bonds is 6. The molecule has 0 unspecified atom stereocenters. The minimum absolute atomic E-state index is 0.176. The van der Waals surface area contributed by atoms with Crippen LogP contribution < -0.4 is 11.1 Å². The molecule has 0 amide bonds. The van der Waals surface area contributed by atoms with E-state index in [1.54, 1.807) is 0 Å². The Balaban J connectivity index is 2.49. The van der Waals surface area contributed by atoms with Gasteiger partial charge in [-0.25, -0.2) is 0 Å². The van der Waals surface area contributed by atoms with Gasteiger partial charge >= 0.3 is 0 Å². The van der Waals surface area contributed by atoms with Crippen LogP contribution >= 0.6 is 0 Å². The predicted molar refractivity (Wildman–Crippen MR) is 83.9 cm³/mol. The van der Waals surface area contributed by atoms with Crippen LogP contribution in [0.25, 0.3) is 0 Å². The largest absolute Gasteiger partial charge is 0.329 e. The van der Waals surface area contributed by atoms with Crippen LogP contribution in [-0.2, 0) is 0 Å². The molecule has 2 heteroatoms. The maximum absolute atomic E-state index is 6.04. The van der Waals surface area contributed by atoms with Crippen LogP contribution in [0.5, 0.6) is 0 Å². The number of nitrogens with one attached hydrogen (secondary N) is 1. The van der Waals surface area contributed by atoms with Crippen LogP contribution in [0.4, 0.5) is 0 Å². The van der Waals surface area contributed by atoms with Crippen LogP contribution in [0.1, 0.15) is 66.2 Å². The summed E-state index contributed by atoms with van der Waals surface area (Å²) in [7, 11) is 0. The van der Waals surface area contributed by atoms with Gasteiger partial charge in [-0.1, -0.05) is 27.2 Å². The monoisotopic (exact) mass is 264 g/mol. The maximum atomic E-state index is 6.04. The summed E-state index contributed by atoms with van der Waals surface area (Å²) in [4.78, 5) is 0. The van der Waals surface area contributed by atoms with E-state index < -0.39 is 0 Å². The molecule has 0 aromatic heterocycles. The molecule has 1 aliphatic rings. The van der Waals surface area contributed by atoms with Crippen molar-refractivity contribution in [3.05, 3.63) is 0 Å². The first-order chi connectivity index (χ1) is 8.99. The highest BCUT2D eigenvalue weighted by molar-refractivity contribution is 4.99. The fourth-order valence-electron chi connectivity index (χ4n) is 3.21. The van der Waals surface area contributed by atoms with Crippen molar-refractivity contribution in [1.29, 1.82) is 0 Å². The molecule has 0 radical (unpaired) electrons. The highest BCUT2D eigenvalue weighted by Gasteiger charge is 2.38. The van der Waals surface area contributed by atoms with Crippen molar-refractivity contribution in [2.45, 2.75) is 71.8 Å². The zero-order valence-electron chi connectivity index (χ0n) is 13.3. The molecule has 0 aliphatic heterocycles. The first-order valence-corrected chi connectivity index (χ1v) is 7.84. The maximum Gasteiger partial charge on any atom is 0.0304 e. The summed E-state index contributed by atoms with van der Waals surface area (Å²) in [6.07, 6.45) is 7.26. The smallest absolute Gasteiger partial charge is 0.0304 e. The van der Waals surface area contributed by atoms with Gasteiger partial charge in [0.1, 0.15) is 0 Å². The molecule has 0 aromatic rings. The Morgan fingerprint density at radius 3 is 2.42 bits per heavy atom. The second-order valence-electron chi connectivity index (χ2n) is 6.70. The Kier molecular flexibility index (Phi) is 6.36. The topological polar surface area (TPSA) is 38.0 Å². The molecule has 0 bridgehead atoms. The summed E-state index contributed by atoms with van der Waals surface area (Å²) in [6, 6.07) is 0. The van der Waals surface area contributed by atoms with Gasteiger partial charge in [0.05, 0.1) is 0 Å². The van der Waals surface area contributed by atoms with Crippen molar-refractivity contribution in [1.82, 2.24) is 5.32 Å². The van der Waals surface area contributed by atoms with E-state index in [4.69, 9.17) is 5.73 Å². The van der Waals surface area contributed by atoms with E-state index in [2.05, 4.69) is 37.9 Å². The lowest BCUT2D eigenvalue weighted by atomic mass is 9.65. The molecule has 19 heavy (non-hydrogen) atoms. The van der Waals surface area contributed by atoms with Gasteiger partial charge < -0.3 is 11.1 Å². The third-order valence-electron chi connectivity index (χ3n) is 5.28. The molecule has 2 nitrogen and oxygen atoms in total. The molecule has 0 saturated heterocycles. The van der Waals surface area contributed by atoms with Gasteiger partial charge in [-0.2, -0.15) is 0 Å². The molecular formula is C17H32N2. The quantitative estimate of drug-likeness (QED) is 0.570. The molecule has 0 spiro atoms. The normalized spacial score (nSPS) is 27.7. The van der Waals surface area contributed by atoms with E-state index in [-0.39, 0.29) is 5.54 Å². The van der Waals surface area contributed by atoms with Crippen molar-refractivity contribution in [2.75, 3.05) is 13.1 Å². The second-order valence-corrected chi connectivity index (χ2v) is 6.70.